The first-order chi connectivity index (χ1) is 13.1. The lowest BCUT2D eigenvalue weighted by Crippen LogP contribution is -1.98. The van der Waals surface area contributed by atoms with E-state index in [-0.39, 0.29) is 0 Å². The number of hydrogen-bond acceptors (Lipinski definition) is 4. The van der Waals surface area contributed by atoms with Crippen LogP contribution in [0.3, 0.4) is 0 Å². The van der Waals surface area contributed by atoms with Gasteiger partial charge in [0.1, 0.15) is 11.8 Å². The molecule has 2 heterocycles. The Morgan fingerprint density at radius 3 is 2.44 bits per heavy atom. The molecule has 0 radical (unpaired) electrons. The van der Waals surface area contributed by atoms with Crippen molar-refractivity contribution in [1.82, 2.24) is 9.97 Å². The molecule has 0 aliphatic heterocycles. The number of fused-ring (bicyclic) bond motifs is 3. The normalized spacial score (nSPS) is 11.1. The molecule has 0 fully saturated rings. The molecule has 0 saturated heterocycles. The van der Waals surface area contributed by atoms with Crippen LogP contribution < -0.4 is 5.73 Å². The number of nitrogen functional groups attached to an aromatic ring is 1. The average molecular weight is 355 g/mol. The Balaban J connectivity index is 1.64. The molecule has 2 aromatic carbocycles. The largest absolute Gasteiger partial charge is 0.382 e. The summed E-state index contributed by atoms with van der Waals surface area (Å²) >= 11 is 0. The van der Waals surface area contributed by atoms with E-state index in [0.29, 0.717) is 12.2 Å². The zero-order chi connectivity index (χ0) is 18.8. The Labute approximate surface area is 158 Å². The van der Waals surface area contributed by atoms with Crippen molar-refractivity contribution in [3.63, 3.8) is 0 Å². The van der Waals surface area contributed by atoms with Crippen molar-refractivity contribution in [2.45, 2.75) is 26.2 Å². The van der Waals surface area contributed by atoms with Gasteiger partial charge in [0.15, 0.2) is 5.82 Å². The number of rotatable bonds is 5. The van der Waals surface area contributed by atoms with E-state index in [1.165, 1.54) is 11.1 Å². The zero-order valence-electron chi connectivity index (χ0n) is 15.3. The fourth-order valence-corrected chi connectivity index (χ4v) is 3.43. The Hall–Kier alpha value is -3.27. The van der Waals surface area contributed by atoms with Crippen LogP contribution in [-0.2, 0) is 24.1 Å². The summed E-state index contributed by atoms with van der Waals surface area (Å²) in [5.74, 6) is 0.473. The molecular weight excluding hydrogens is 334 g/mol. The maximum Gasteiger partial charge on any atom is 0.150 e. The molecule has 0 spiro atoms. The van der Waals surface area contributed by atoms with Crippen molar-refractivity contribution >= 4 is 33.9 Å². The number of carbonyl (C=O) groups is 1. The highest BCUT2D eigenvalue weighted by Crippen LogP contribution is 2.28. The van der Waals surface area contributed by atoms with Crippen LogP contribution in [0.1, 0.15) is 22.3 Å². The van der Waals surface area contributed by atoms with E-state index in [1.807, 2.05) is 18.3 Å². The molecule has 2 N–H and O–H groups in total. The van der Waals surface area contributed by atoms with Gasteiger partial charge in [0.2, 0.25) is 0 Å². The van der Waals surface area contributed by atoms with Gasteiger partial charge in [0.25, 0.3) is 0 Å². The van der Waals surface area contributed by atoms with Crippen LogP contribution in [0, 0.1) is 6.92 Å². The lowest BCUT2D eigenvalue weighted by atomic mass is 10.0. The topological polar surface area (TPSA) is 68.9 Å². The van der Waals surface area contributed by atoms with Gasteiger partial charge >= 0.3 is 0 Å². The lowest BCUT2D eigenvalue weighted by molar-refractivity contribution is -0.107. The smallest absolute Gasteiger partial charge is 0.150 e. The molecule has 0 saturated carbocycles. The first-order valence-corrected chi connectivity index (χ1v) is 9.10. The molecule has 0 aliphatic rings. The zero-order valence-corrected chi connectivity index (χ0v) is 15.3. The van der Waals surface area contributed by atoms with Crippen LogP contribution in [0.15, 0.2) is 54.7 Å². The summed E-state index contributed by atoms with van der Waals surface area (Å²) in [6, 6.07) is 16.6. The average Bonchev–Trinajstić information content (AvgIpc) is 2.67. The predicted molar refractivity (Wildman–Crippen MR) is 110 cm³/mol. The Morgan fingerprint density at radius 1 is 0.926 bits per heavy atom. The third-order valence-corrected chi connectivity index (χ3v) is 4.92. The molecular formula is C23H21N3O. The van der Waals surface area contributed by atoms with Gasteiger partial charge in [-0.25, -0.2) is 4.98 Å². The first-order valence-electron chi connectivity index (χ1n) is 9.10. The minimum atomic E-state index is 0.469. The molecule has 4 heteroatoms. The summed E-state index contributed by atoms with van der Waals surface area (Å²) in [6.07, 6.45) is 5.11. The molecule has 4 aromatic rings. The van der Waals surface area contributed by atoms with E-state index >= 15 is 0 Å². The monoisotopic (exact) mass is 355 g/mol. The van der Waals surface area contributed by atoms with Gasteiger partial charge in [0, 0.05) is 23.4 Å². The van der Waals surface area contributed by atoms with E-state index in [1.54, 1.807) is 0 Å². The van der Waals surface area contributed by atoms with E-state index in [0.717, 1.165) is 52.1 Å². The second kappa shape index (κ2) is 7.16. The van der Waals surface area contributed by atoms with Crippen molar-refractivity contribution < 1.29 is 4.79 Å². The van der Waals surface area contributed by atoms with E-state index in [4.69, 9.17) is 5.73 Å². The van der Waals surface area contributed by atoms with Gasteiger partial charge in [0.05, 0.1) is 5.52 Å². The molecule has 4 nitrogen and oxygen atoms in total. The molecule has 0 amide bonds. The van der Waals surface area contributed by atoms with E-state index < -0.39 is 0 Å². The van der Waals surface area contributed by atoms with Crippen LogP contribution in [0.4, 0.5) is 5.82 Å². The third kappa shape index (κ3) is 3.51. The number of pyridine rings is 2. The van der Waals surface area contributed by atoms with E-state index in [9.17, 15) is 4.79 Å². The van der Waals surface area contributed by atoms with Gasteiger partial charge < -0.3 is 10.5 Å². The molecule has 0 unspecified atom stereocenters. The summed E-state index contributed by atoms with van der Waals surface area (Å²) in [5, 5.41) is 2.13. The number of anilines is 1. The van der Waals surface area contributed by atoms with Crippen LogP contribution in [0.2, 0.25) is 0 Å². The fraction of sp³-hybridized carbons (Fsp3) is 0.174. The molecule has 0 bridgehead atoms. The summed E-state index contributed by atoms with van der Waals surface area (Å²) in [4.78, 5) is 19.7. The Morgan fingerprint density at radius 2 is 1.67 bits per heavy atom. The highest BCUT2D eigenvalue weighted by Gasteiger charge is 2.09. The number of aromatic nitrogens is 2. The summed E-state index contributed by atoms with van der Waals surface area (Å²) in [6.45, 7) is 2.05. The Bertz CT molecular complexity index is 1130. The predicted octanol–water partition coefficient (Wildman–Crippen LogP) is 4.20. The van der Waals surface area contributed by atoms with Crippen LogP contribution in [-0.4, -0.2) is 16.3 Å². The molecule has 27 heavy (non-hydrogen) atoms. The lowest BCUT2D eigenvalue weighted by Gasteiger charge is -2.09. The molecule has 134 valence electrons. The number of benzene rings is 2. The second-order valence-corrected chi connectivity index (χ2v) is 6.94. The first kappa shape index (κ1) is 17.2. The van der Waals surface area contributed by atoms with Crippen LogP contribution >= 0.6 is 0 Å². The van der Waals surface area contributed by atoms with Crippen molar-refractivity contribution in [2.24, 2.45) is 0 Å². The second-order valence-electron chi connectivity index (χ2n) is 6.94. The summed E-state index contributed by atoms with van der Waals surface area (Å²) in [7, 11) is 0. The van der Waals surface area contributed by atoms with Crippen LogP contribution in [0.25, 0.3) is 21.8 Å². The van der Waals surface area contributed by atoms with Crippen molar-refractivity contribution in [2.75, 3.05) is 5.73 Å². The van der Waals surface area contributed by atoms with Gasteiger partial charge in [-0.2, -0.15) is 0 Å². The number of nitrogens with zero attached hydrogens (tertiary/aromatic N) is 2. The number of hydrogen-bond donors (Lipinski definition) is 1. The van der Waals surface area contributed by atoms with Gasteiger partial charge in [-0.15, -0.1) is 0 Å². The summed E-state index contributed by atoms with van der Waals surface area (Å²) < 4.78 is 0. The van der Waals surface area contributed by atoms with Crippen LogP contribution in [0.5, 0.6) is 0 Å². The third-order valence-electron chi connectivity index (χ3n) is 4.92. The highest BCUT2D eigenvalue weighted by molar-refractivity contribution is 6.08. The quantitative estimate of drug-likeness (QED) is 0.430. The van der Waals surface area contributed by atoms with E-state index in [2.05, 4.69) is 53.3 Å². The molecule has 2 aromatic heterocycles. The molecule has 0 atom stereocenters. The number of nitrogens with two attached hydrogens (primary N) is 1. The standard InChI is InChI=1S/C23H21N3O/c1-15-2-9-19-20-13-18(14-25-22(20)23(24)26-21(19)12-15)8-7-16-3-5-17(6-4-16)10-11-27/h2-6,9,11-14H,7-8,10H2,1H3,(H2,24,26). The maximum absolute atomic E-state index is 10.6. The minimum absolute atomic E-state index is 0.469. The number of carbonyl (C=O) groups excluding carboxylic acids is 1. The van der Waals surface area contributed by atoms with Gasteiger partial charge in [-0.05, 0) is 54.2 Å². The number of aryl methyl sites for hydroxylation is 3. The fourth-order valence-electron chi connectivity index (χ4n) is 3.43. The maximum atomic E-state index is 10.6. The minimum Gasteiger partial charge on any atom is -0.382 e. The SMILES string of the molecule is Cc1ccc2c(c1)nc(N)c1ncc(CCc3ccc(CC=O)cc3)cc12. The van der Waals surface area contributed by atoms with Crippen molar-refractivity contribution in [3.05, 3.63) is 77.0 Å². The van der Waals surface area contributed by atoms with Gasteiger partial charge in [-0.3, -0.25) is 4.98 Å². The molecule has 4 rings (SSSR count). The molecule has 0 aliphatic carbocycles. The van der Waals surface area contributed by atoms with Crippen molar-refractivity contribution in [1.29, 1.82) is 0 Å². The number of aldehydes is 1. The van der Waals surface area contributed by atoms with Gasteiger partial charge in [-0.1, -0.05) is 36.4 Å². The summed E-state index contributed by atoms with van der Waals surface area (Å²) in [5.41, 5.74) is 12.4. The Kier molecular flexibility index (Phi) is 4.55. The highest BCUT2D eigenvalue weighted by atomic mass is 16.1. The van der Waals surface area contributed by atoms with Crippen molar-refractivity contribution in [3.8, 4) is 0 Å².